The highest BCUT2D eigenvalue weighted by Crippen LogP contribution is 2.52. The second-order valence-corrected chi connectivity index (χ2v) is 5.39. The number of amides is 2. The Morgan fingerprint density at radius 2 is 1.94 bits per heavy atom. The quantitative estimate of drug-likeness (QED) is 0.709. The second kappa shape index (κ2) is 5.52. The highest BCUT2D eigenvalue weighted by molar-refractivity contribution is 5.85. The lowest BCUT2D eigenvalue weighted by Gasteiger charge is -2.23. The monoisotopic (exact) mass is 240 g/mol. The number of primary amides is 1. The van der Waals surface area contributed by atoms with Gasteiger partial charge in [0.2, 0.25) is 11.8 Å². The second-order valence-electron chi connectivity index (χ2n) is 5.39. The van der Waals surface area contributed by atoms with Gasteiger partial charge in [0.05, 0.1) is 5.41 Å². The number of rotatable bonds is 7. The Morgan fingerprint density at radius 1 is 1.35 bits per heavy atom. The van der Waals surface area contributed by atoms with Gasteiger partial charge in [-0.3, -0.25) is 9.59 Å². The average Bonchev–Trinajstić information content (AvgIpc) is 3.04. The highest BCUT2D eigenvalue weighted by atomic mass is 16.2. The minimum absolute atomic E-state index is 0.0752. The van der Waals surface area contributed by atoms with Crippen molar-refractivity contribution in [1.82, 2.24) is 5.32 Å². The number of nitrogens with one attached hydrogen (secondary N) is 1. The predicted molar refractivity (Wildman–Crippen MR) is 67.2 cm³/mol. The van der Waals surface area contributed by atoms with Gasteiger partial charge in [-0.05, 0) is 31.6 Å². The first-order chi connectivity index (χ1) is 7.92. The van der Waals surface area contributed by atoms with E-state index in [1.165, 1.54) is 0 Å². The molecule has 0 spiro atoms. The van der Waals surface area contributed by atoms with E-state index in [2.05, 4.69) is 19.2 Å². The molecule has 0 radical (unpaired) electrons. The number of nitrogens with two attached hydrogens (primary N) is 1. The molecule has 0 saturated heterocycles. The van der Waals surface area contributed by atoms with Gasteiger partial charge in [-0.25, -0.2) is 0 Å². The summed E-state index contributed by atoms with van der Waals surface area (Å²) in [7, 11) is 0. The Morgan fingerprint density at radius 3 is 2.29 bits per heavy atom. The lowest BCUT2D eigenvalue weighted by molar-refractivity contribution is -0.129. The molecule has 98 valence electrons. The van der Waals surface area contributed by atoms with Crippen LogP contribution >= 0.6 is 0 Å². The van der Waals surface area contributed by atoms with Crippen molar-refractivity contribution in [2.75, 3.05) is 0 Å². The molecule has 0 aromatic heterocycles. The third-order valence-electron chi connectivity index (χ3n) is 3.91. The molecule has 1 atom stereocenters. The standard InChI is InChI=1S/C13H24N2O2/c1-4-10(5-6-11(14)16)15-12(17)13(7-8-13)9(2)3/h9-10H,4-8H2,1-3H3,(H2,14,16)(H,15,17). The molecule has 1 fully saturated rings. The van der Waals surface area contributed by atoms with Gasteiger partial charge in [0.1, 0.15) is 0 Å². The Hall–Kier alpha value is -1.06. The Bertz CT molecular complexity index is 296. The molecule has 0 aromatic carbocycles. The van der Waals surface area contributed by atoms with Crippen LogP contribution in [0.1, 0.15) is 52.9 Å². The molecular weight excluding hydrogens is 216 g/mol. The Kier molecular flexibility index (Phi) is 4.54. The van der Waals surface area contributed by atoms with E-state index in [9.17, 15) is 9.59 Å². The van der Waals surface area contributed by atoms with Crippen LogP contribution in [0.25, 0.3) is 0 Å². The van der Waals surface area contributed by atoms with Crippen molar-refractivity contribution in [3.8, 4) is 0 Å². The lowest BCUT2D eigenvalue weighted by atomic mass is 9.91. The average molecular weight is 240 g/mol. The van der Waals surface area contributed by atoms with Crippen molar-refractivity contribution in [3.63, 3.8) is 0 Å². The van der Waals surface area contributed by atoms with Crippen molar-refractivity contribution < 1.29 is 9.59 Å². The predicted octanol–water partition coefficient (Wildman–Crippen LogP) is 1.58. The van der Waals surface area contributed by atoms with Crippen LogP contribution in [0.5, 0.6) is 0 Å². The minimum atomic E-state index is -0.303. The fourth-order valence-corrected chi connectivity index (χ4v) is 2.23. The summed E-state index contributed by atoms with van der Waals surface area (Å²) in [6, 6.07) is 0.0752. The van der Waals surface area contributed by atoms with Crippen LogP contribution in [0, 0.1) is 11.3 Å². The van der Waals surface area contributed by atoms with E-state index < -0.39 is 0 Å². The zero-order valence-corrected chi connectivity index (χ0v) is 11.1. The van der Waals surface area contributed by atoms with Crippen LogP contribution < -0.4 is 11.1 Å². The molecule has 1 rings (SSSR count). The van der Waals surface area contributed by atoms with E-state index in [4.69, 9.17) is 5.73 Å². The van der Waals surface area contributed by atoms with Crippen LogP contribution in [-0.2, 0) is 9.59 Å². The minimum Gasteiger partial charge on any atom is -0.370 e. The summed E-state index contributed by atoms with van der Waals surface area (Å²) in [5.74, 6) is 0.239. The molecule has 0 aliphatic heterocycles. The number of carbonyl (C=O) groups excluding carboxylic acids is 2. The highest BCUT2D eigenvalue weighted by Gasteiger charge is 2.52. The zero-order valence-electron chi connectivity index (χ0n) is 11.1. The van der Waals surface area contributed by atoms with Gasteiger partial charge >= 0.3 is 0 Å². The molecule has 1 unspecified atom stereocenters. The number of hydrogen-bond donors (Lipinski definition) is 2. The lowest BCUT2D eigenvalue weighted by Crippen LogP contribution is -2.41. The van der Waals surface area contributed by atoms with E-state index in [-0.39, 0.29) is 23.3 Å². The molecular formula is C13H24N2O2. The summed E-state index contributed by atoms with van der Waals surface area (Å²) in [6.45, 7) is 6.20. The molecule has 4 heteroatoms. The normalized spacial score (nSPS) is 18.8. The summed E-state index contributed by atoms with van der Waals surface area (Å²) in [5.41, 5.74) is 4.98. The van der Waals surface area contributed by atoms with Gasteiger partial charge in [-0.2, -0.15) is 0 Å². The van der Waals surface area contributed by atoms with Gasteiger partial charge in [0.15, 0.2) is 0 Å². The molecule has 0 aromatic rings. The molecule has 0 heterocycles. The summed E-state index contributed by atoms with van der Waals surface area (Å²) in [4.78, 5) is 22.9. The molecule has 17 heavy (non-hydrogen) atoms. The van der Waals surface area contributed by atoms with Crippen LogP contribution in [0.4, 0.5) is 0 Å². The maximum atomic E-state index is 12.2. The third-order valence-corrected chi connectivity index (χ3v) is 3.91. The number of hydrogen-bond acceptors (Lipinski definition) is 2. The van der Waals surface area contributed by atoms with Gasteiger partial charge in [0, 0.05) is 12.5 Å². The molecule has 1 aliphatic carbocycles. The van der Waals surface area contributed by atoms with Gasteiger partial charge in [0.25, 0.3) is 0 Å². The zero-order chi connectivity index (χ0) is 13.1. The van der Waals surface area contributed by atoms with Crippen LogP contribution in [0.15, 0.2) is 0 Å². The Balaban J connectivity index is 2.46. The molecule has 0 bridgehead atoms. The van der Waals surface area contributed by atoms with Crippen molar-refractivity contribution in [1.29, 1.82) is 0 Å². The maximum absolute atomic E-state index is 12.2. The Labute approximate surface area is 103 Å². The van der Waals surface area contributed by atoms with Gasteiger partial charge in [-0.1, -0.05) is 20.8 Å². The van der Waals surface area contributed by atoms with Crippen LogP contribution in [0.2, 0.25) is 0 Å². The van der Waals surface area contributed by atoms with Crippen molar-refractivity contribution in [2.24, 2.45) is 17.1 Å². The van der Waals surface area contributed by atoms with E-state index >= 15 is 0 Å². The molecule has 1 saturated carbocycles. The largest absolute Gasteiger partial charge is 0.370 e. The van der Waals surface area contributed by atoms with Crippen molar-refractivity contribution in [3.05, 3.63) is 0 Å². The van der Waals surface area contributed by atoms with Crippen LogP contribution in [0.3, 0.4) is 0 Å². The molecule has 1 aliphatic rings. The van der Waals surface area contributed by atoms with Crippen LogP contribution in [-0.4, -0.2) is 17.9 Å². The van der Waals surface area contributed by atoms with E-state index in [1.54, 1.807) is 0 Å². The maximum Gasteiger partial charge on any atom is 0.226 e. The fourth-order valence-electron chi connectivity index (χ4n) is 2.23. The van der Waals surface area contributed by atoms with Crippen molar-refractivity contribution in [2.45, 2.75) is 58.9 Å². The smallest absolute Gasteiger partial charge is 0.226 e. The summed E-state index contributed by atoms with van der Waals surface area (Å²) < 4.78 is 0. The van der Waals surface area contributed by atoms with Crippen molar-refractivity contribution >= 4 is 11.8 Å². The van der Waals surface area contributed by atoms with E-state index in [1.807, 2.05) is 6.92 Å². The fraction of sp³-hybridized carbons (Fsp3) is 0.846. The SMILES string of the molecule is CCC(CCC(N)=O)NC(=O)C1(C(C)C)CC1. The van der Waals surface area contributed by atoms with E-state index in [0.29, 0.717) is 18.8 Å². The topological polar surface area (TPSA) is 72.2 Å². The summed E-state index contributed by atoms with van der Waals surface area (Å²) in [6.07, 6.45) is 3.80. The van der Waals surface area contributed by atoms with Gasteiger partial charge < -0.3 is 11.1 Å². The number of carbonyl (C=O) groups is 2. The van der Waals surface area contributed by atoms with Gasteiger partial charge in [-0.15, -0.1) is 0 Å². The van der Waals surface area contributed by atoms with E-state index in [0.717, 1.165) is 19.3 Å². The molecule has 3 N–H and O–H groups in total. The molecule has 4 nitrogen and oxygen atoms in total. The first-order valence-electron chi connectivity index (χ1n) is 6.51. The molecule has 2 amide bonds. The summed E-state index contributed by atoms with van der Waals surface area (Å²) in [5, 5.41) is 3.06. The first kappa shape index (κ1) is 14.0. The summed E-state index contributed by atoms with van der Waals surface area (Å²) >= 11 is 0. The third kappa shape index (κ3) is 3.45. The first-order valence-corrected chi connectivity index (χ1v) is 6.51.